The molecule has 0 bridgehead atoms. The molecule has 0 aromatic carbocycles. The molecule has 1 N–H and O–H groups in total. The highest BCUT2D eigenvalue weighted by Gasteiger charge is 2.30. The van der Waals surface area contributed by atoms with Crippen molar-refractivity contribution >= 4 is 5.82 Å². The van der Waals surface area contributed by atoms with Gasteiger partial charge in [-0.1, -0.05) is 19.9 Å². The van der Waals surface area contributed by atoms with Gasteiger partial charge in [0.1, 0.15) is 5.82 Å². The molecule has 0 unspecified atom stereocenters. The summed E-state index contributed by atoms with van der Waals surface area (Å²) in [6, 6.07) is 4.40. The maximum Gasteiger partial charge on any atom is 0.134 e. The smallest absolute Gasteiger partial charge is 0.134 e. The van der Waals surface area contributed by atoms with Crippen molar-refractivity contribution in [3.63, 3.8) is 0 Å². The third kappa shape index (κ3) is 3.27. The van der Waals surface area contributed by atoms with E-state index in [4.69, 9.17) is 0 Å². The minimum atomic E-state index is -0.466. The van der Waals surface area contributed by atoms with E-state index in [1.54, 1.807) is 6.92 Å². The summed E-state index contributed by atoms with van der Waals surface area (Å²) in [5.41, 5.74) is 1.41. The quantitative estimate of drug-likeness (QED) is 0.905. The van der Waals surface area contributed by atoms with E-state index in [-0.39, 0.29) is 0 Å². The number of aliphatic hydroxyl groups excluding tert-OH is 1. The lowest BCUT2D eigenvalue weighted by atomic mass is 9.75. The Morgan fingerprint density at radius 3 is 2.58 bits per heavy atom. The number of rotatable bonds is 3. The van der Waals surface area contributed by atoms with Crippen LogP contribution < -0.4 is 4.90 Å². The lowest BCUT2D eigenvalue weighted by molar-refractivity contribution is 0.197. The van der Waals surface area contributed by atoms with E-state index in [2.05, 4.69) is 30.8 Å². The molecule has 3 nitrogen and oxygen atoms in total. The minimum absolute atomic E-state index is 0.466. The topological polar surface area (TPSA) is 36.4 Å². The summed E-state index contributed by atoms with van der Waals surface area (Å²) in [5.74, 6) is 0.933. The molecule has 1 aromatic heterocycles. The molecule has 0 aliphatic heterocycles. The van der Waals surface area contributed by atoms with Crippen molar-refractivity contribution in [2.75, 3.05) is 11.9 Å². The lowest BCUT2D eigenvalue weighted by Gasteiger charge is -2.39. The van der Waals surface area contributed by atoms with Crippen LogP contribution in [0.5, 0.6) is 0 Å². The Balaban J connectivity index is 2.14. The molecule has 0 saturated heterocycles. The van der Waals surface area contributed by atoms with Gasteiger partial charge in [0, 0.05) is 24.8 Å². The average molecular weight is 262 g/mol. The predicted molar refractivity (Wildman–Crippen MR) is 79.3 cm³/mol. The molecule has 1 fully saturated rings. The highest BCUT2D eigenvalue weighted by molar-refractivity contribution is 5.48. The molecule has 1 aliphatic rings. The largest absolute Gasteiger partial charge is 0.389 e. The first-order valence-corrected chi connectivity index (χ1v) is 7.26. The molecule has 0 spiro atoms. The van der Waals surface area contributed by atoms with Crippen molar-refractivity contribution in [1.29, 1.82) is 0 Å². The summed E-state index contributed by atoms with van der Waals surface area (Å²) in [5, 5.41) is 9.87. The van der Waals surface area contributed by atoms with Crippen LogP contribution in [0, 0.1) is 5.41 Å². The van der Waals surface area contributed by atoms with E-state index in [1.165, 1.54) is 25.7 Å². The van der Waals surface area contributed by atoms with Gasteiger partial charge in [0.2, 0.25) is 0 Å². The van der Waals surface area contributed by atoms with Gasteiger partial charge in [-0.25, -0.2) is 4.98 Å². The Labute approximate surface area is 116 Å². The van der Waals surface area contributed by atoms with Crippen LogP contribution in [0.15, 0.2) is 18.3 Å². The van der Waals surface area contributed by atoms with Gasteiger partial charge in [0.15, 0.2) is 0 Å². The molecule has 1 aromatic rings. The highest BCUT2D eigenvalue weighted by Crippen LogP contribution is 2.38. The summed E-state index contributed by atoms with van der Waals surface area (Å²) in [6.45, 7) is 6.51. The zero-order valence-corrected chi connectivity index (χ0v) is 12.6. The Morgan fingerprint density at radius 2 is 2.00 bits per heavy atom. The van der Waals surface area contributed by atoms with Crippen molar-refractivity contribution in [3.8, 4) is 0 Å². The van der Waals surface area contributed by atoms with Gasteiger partial charge < -0.3 is 10.0 Å². The Kier molecular flexibility index (Phi) is 4.14. The first kappa shape index (κ1) is 14.3. The van der Waals surface area contributed by atoms with Crippen LogP contribution in [-0.2, 0) is 0 Å². The van der Waals surface area contributed by atoms with Gasteiger partial charge in [-0.05, 0) is 44.1 Å². The standard InChI is InChI=1S/C16H26N2O/c1-12(19)14-6-5-11-17-15(14)18(4)13-7-9-16(2,3)10-8-13/h5-6,11-13,19H,7-10H2,1-4H3/t12-/m1/s1. The van der Waals surface area contributed by atoms with E-state index in [1.807, 2.05) is 18.3 Å². The number of anilines is 1. The minimum Gasteiger partial charge on any atom is -0.389 e. The third-order valence-electron chi connectivity index (χ3n) is 4.46. The normalized spacial score (nSPS) is 21.1. The van der Waals surface area contributed by atoms with Crippen LogP contribution in [0.25, 0.3) is 0 Å². The summed E-state index contributed by atoms with van der Waals surface area (Å²) >= 11 is 0. The molecule has 2 rings (SSSR count). The van der Waals surface area contributed by atoms with Crippen LogP contribution >= 0.6 is 0 Å². The number of aliphatic hydroxyl groups is 1. The average Bonchev–Trinajstić information content (AvgIpc) is 2.38. The van der Waals surface area contributed by atoms with Gasteiger partial charge in [-0.15, -0.1) is 0 Å². The maximum absolute atomic E-state index is 9.87. The second-order valence-corrected chi connectivity index (χ2v) is 6.60. The Morgan fingerprint density at radius 1 is 1.37 bits per heavy atom. The van der Waals surface area contributed by atoms with Gasteiger partial charge in [0.05, 0.1) is 6.10 Å². The fourth-order valence-electron chi connectivity index (χ4n) is 2.97. The lowest BCUT2D eigenvalue weighted by Crippen LogP contribution is -2.38. The zero-order valence-electron chi connectivity index (χ0n) is 12.6. The van der Waals surface area contributed by atoms with Gasteiger partial charge >= 0.3 is 0 Å². The highest BCUT2D eigenvalue weighted by atomic mass is 16.3. The van der Waals surface area contributed by atoms with Crippen LogP contribution in [0.3, 0.4) is 0 Å². The Hall–Kier alpha value is -1.09. The number of hydrogen-bond donors (Lipinski definition) is 1. The maximum atomic E-state index is 9.87. The zero-order chi connectivity index (χ0) is 14.0. The predicted octanol–water partition coefficient (Wildman–Crippen LogP) is 3.54. The van der Waals surface area contributed by atoms with E-state index in [0.29, 0.717) is 11.5 Å². The number of nitrogens with zero attached hydrogens (tertiary/aromatic N) is 2. The molecular weight excluding hydrogens is 236 g/mol. The monoisotopic (exact) mass is 262 g/mol. The molecular formula is C16H26N2O. The van der Waals surface area contributed by atoms with Crippen molar-refractivity contribution in [3.05, 3.63) is 23.9 Å². The second kappa shape index (κ2) is 5.49. The van der Waals surface area contributed by atoms with E-state index in [0.717, 1.165) is 11.4 Å². The molecule has 3 heteroatoms. The van der Waals surface area contributed by atoms with Crippen molar-refractivity contribution in [1.82, 2.24) is 4.98 Å². The van der Waals surface area contributed by atoms with Gasteiger partial charge in [0.25, 0.3) is 0 Å². The van der Waals surface area contributed by atoms with Gasteiger partial charge in [-0.2, -0.15) is 0 Å². The van der Waals surface area contributed by atoms with Crippen molar-refractivity contribution in [2.45, 2.75) is 58.6 Å². The Bertz CT molecular complexity index is 419. The second-order valence-electron chi connectivity index (χ2n) is 6.60. The van der Waals surface area contributed by atoms with E-state index >= 15 is 0 Å². The van der Waals surface area contributed by atoms with E-state index in [9.17, 15) is 5.11 Å². The molecule has 1 aliphatic carbocycles. The molecule has 1 atom stereocenters. The first-order valence-electron chi connectivity index (χ1n) is 7.26. The molecule has 0 amide bonds. The molecule has 1 heterocycles. The molecule has 106 valence electrons. The number of pyridine rings is 1. The fourth-order valence-corrected chi connectivity index (χ4v) is 2.97. The number of aromatic nitrogens is 1. The van der Waals surface area contributed by atoms with Crippen LogP contribution in [0.2, 0.25) is 0 Å². The first-order chi connectivity index (χ1) is 8.91. The van der Waals surface area contributed by atoms with Crippen LogP contribution in [0.4, 0.5) is 5.82 Å². The summed E-state index contributed by atoms with van der Waals surface area (Å²) in [4.78, 5) is 6.74. The van der Waals surface area contributed by atoms with E-state index < -0.39 is 6.10 Å². The summed E-state index contributed by atoms with van der Waals surface area (Å²) in [6.07, 6.45) is 6.28. The molecule has 0 radical (unpaired) electrons. The summed E-state index contributed by atoms with van der Waals surface area (Å²) < 4.78 is 0. The summed E-state index contributed by atoms with van der Waals surface area (Å²) in [7, 11) is 2.11. The van der Waals surface area contributed by atoms with Gasteiger partial charge in [-0.3, -0.25) is 0 Å². The van der Waals surface area contributed by atoms with Crippen molar-refractivity contribution in [2.24, 2.45) is 5.41 Å². The molecule has 19 heavy (non-hydrogen) atoms. The third-order valence-corrected chi connectivity index (χ3v) is 4.46. The SMILES string of the molecule is C[C@@H](O)c1cccnc1N(C)C1CCC(C)(C)CC1. The fraction of sp³-hybridized carbons (Fsp3) is 0.688. The van der Waals surface area contributed by atoms with Crippen LogP contribution in [0.1, 0.15) is 58.1 Å². The van der Waals surface area contributed by atoms with Crippen molar-refractivity contribution < 1.29 is 5.11 Å². The molecule has 1 saturated carbocycles. The number of hydrogen-bond acceptors (Lipinski definition) is 3. The van der Waals surface area contributed by atoms with Crippen LogP contribution in [-0.4, -0.2) is 23.2 Å².